The van der Waals surface area contributed by atoms with E-state index in [2.05, 4.69) is 52.3 Å². The van der Waals surface area contributed by atoms with Crippen LogP contribution in [0.15, 0.2) is 10.5 Å². The zero-order chi connectivity index (χ0) is 12.6. The Balaban J connectivity index is 3.11. The van der Waals surface area contributed by atoms with Crippen LogP contribution in [-0.4, -0.2) is 16.1 Å². The van der Waals surface area contributed by atoms with Crippen LogP contribution in [-0.2, 0) is 12.5 Å². The van der Waals surface area contributed by atoms with Crippen molar-refractivity contribution in [3.05, 3.63) is 17.4 Å². The van der Waals surface area contributed by atoms with Gasteiger partial charge < -0.3 is 4.42 Å². The molecule has 0 unspecified atom stereocenters. The summed E-state index contributed by atoms with van der Waals surface area (Å²) in [6.45, 7) is 16.6. The molecule has 1 aromatic rings. The van der Waals surface area contributed by atoms with Crippen LogP contribution in [0.4, 0.5) is 0 Å². The highest BCUT2D eigenvalue weighted by Gasteiger charge is 2.28. The Kier molecular flexibility index (Phi) is 3.90. The maximum Gasteiger partial charge on any atom is 0.123 e. The summed E-state index contributed by atoms with van der Waals surface area (Å²) in [5.41, 5.74) is 1.51. The van der Waals surface area contributed by atoms with E-state index in [1.807, 2.05) is 0 Å². The Morgan fingerprint density at radius 2 is 1.62 bits per heavy atom. The van der Waals surface area contributed by atoms with Gasteiger partial charge in [0.2, 0.25) is 0 Å². The number of hydrogen-bond acceptors (Lipinski definition) is 1. The molecular formula is C13H26OSi2. The van der Waals surface area contributed by atoms with Gasteiger partial charge in [-0.05, 0) is 17.7 Å². The Hall–Kier alpha value is -0.286. The third-order valence-electron chi connectivity index (χ3n) is 2.61. The Bertz CT molecular complexity index is 353. The van der Waals surface area contributed by atoms with E-state index in [4.69, 9.17) is 4.42 Å². The molecule has 1 aromatic heterocycles. The number of hydrogen-bond donors (Lipinski definition) is 0. The van der Waals surface area contributed by atoms with Gasteiger partial charge in [-0.1, -0.05) is 46.2 Å². The van der Waals surface area contributed by atoms with Crippen LogP contribution in [0.1, 0.15) is 18.2 Å². The van der Waals surface area contributed by atoms with Crippen molar-refractivity contribution in [2.75, 3.05) is 0 Å². The number of aryl methyl sites for hydroxylation is 1. The average molecular weight is 255 g/mol. The predicted molar refractivity (Wildman–Crippen MR) is 78.1 cm³/mol. The molecule has 0 aliphatic heterocycles. The molecule has 0 saturated heterocycles. The van der Waals surface area contributed by atoms with Crippen LogP contribution >= 0.6 is 0 Å². The molecule has 0 amide bonds. The van der Waals surface area contributed by atoms with Crippen molar-refractivity contribution in [3.63, 3.8) is 0 Å². The lowest BCUT2D eigenvalue weighted by atomic mass is 10.3. The third kappa shape index (κ3) is 3.63. The van der Waals surface area contributed by atoms with Crippen molar-refractivity contribution in [2.24, 2.45) is 0 Å². The van der Waals surface area contributed by atoms with E-state index in [0.29, 0.717) is 0 Å². The fraction of sp³-hybridized carbons (Fsp3) is 0.692. The second-order valence-electron chi connectivity index (χ2n) is 6.91. The summed E-state index contributed by atoms with van der Waals surface area (Å²) in [5.74, 6) is 1.17. The van der Waals surface area contributed by atoms with Crippen LogP contribution in [0.5, 0.6) is 0 Å². The predicted octanol–water partition coefficient (Wildman–Crippen LogP) is 3.81. The van der Waals surface area contributed by atoms with Gasteiger partial charge in [0.15, 0.2) is 0 Å². The molecule has 16 heavy (non-hydrogen) atoms. The largest absolute Gasteiger partial charge is 0.471 e. The highest BCUT2D eigenvalue weighted by Crippen LogP contribution is 2.18. The van der Waals surface area contributed by atoms with E-state index >= 15 is 0 Å². The normalized spacial score (nSPS) is 13.2. The summed E-state index contributed by atoms with van der Waals surface area (Å²) in [4.78, 5) is 0. The minimum absolute atomic E-state index is 1.02. The first-order chi connectivity index (χ1) is 7.13. The topological polar surface area (TPSA) is 13.1 Å². The fourth-order valence-corrected chi connectivity index (χ4v) is 5.14. The van der Waals surface area contributed by atoms with Gasteiger partial charge in [0.1, 0.15) is 13.8 Å². The first kappa shape index (κ1) is 13.8. The fourth-order valence-electron chi connectivity index (χ4n) is 2.00. The first-order valence-electron chi connectivity index (χ1n) is 6.25. The molecule has 1 heterocycles. The Morgan fingerprint density at radius 3 is 2.00 bits per heavy atom. The van der Waals surface area contributed by atoms with Gasteiger partial charge in [0.05, 0.1) is 5.38 Å². The van der Waals surface area contributed by atoms with Gasteiger partial charge in [-0.25, -0.2) is 0 Å². The summed E-state index contributed by atoms with van der Waals surface area (Å²) in [5, 5.41) is 1.34. The van der Waals surface area contributed by atoms with Crippen LogP contribution in [0.3, 0.4) is 0 Å². The van der Waals surface area contributed by atoms with Crippen molar-refractivity contribution in [2.45, 2.75) is 58.7 Å². The van der Waals surface area contributed by atoms with E-state index in [1.54, 1.807) is 0 Å². The van der Waals surface area contributed by atoms with Gasteiger partial charge in [-0.15, -0.1) is 0 Å². The molecule has 3 heteroatoms. The summed E-state index contributed by atoms with van der Waals surface area (Å²) >= 11 is 0. The van der Waals surface area contributed by atoms with Gasteiger partial charge in [-0.3, -0.25) is 0 Å². The summed E-state index contributed by atoms with van der Waals surface area (Å²) in [6, 6.07) is 3.57. The average Bonchev–Trinajstić information content (AvgIpc) is 2.43. The maximum absolute atomic E-state index is 6.06. The van der Waals surface area contributed by atoms with Crippen molar-refractivity contribution in [1.29, 1.82) is 0 Å². The molecule has 0 aromatic carbocycles. The molecule has 0 bridgehead atoms. The van der Waals surface area contributed by atoms with Crippen LogP contribution in [0.2, 0.25) is 39.3 Å². The Labute approximate surface area is 102 Å². The van der Waals surface area contributed by atoms with Crippen molar-refractivity contribution >= 4 is 21.5 Å². The summed E-state index contributed by atoms with van der Waals surface area (Å²) in [7, 11) is -2.36. The molecule has 1 nitrogen and oxygen atoms in total. The Morgan fingerprint density at radius 1 is 1.06 bits per heavy atom. The van der Waals surface area contributed by atoms with Crippen LogP contribution < -0.4 is 5.38 Å². The summed E-state index contributed by atoms with van der Waals surface area (Å²) < 4.78 is 6.06. The second-order valence-corrected chi connectivity index (χ2v) is 17.3. The zero-order valence-corrected chi connectivity index (χ0v) is 13.9. The standard InChI is InChI=1S/C13H26OSi2/c1-8-12-9-11(10-15(2,3)4)13(14-12)16(5,6)7/h9H,8,10H2,1-7H3. The minimum atomic E-state index is -1.32. The van der Waals surface area contributed by atoms with Gasteiger partial charge in [0.25, 0.3) is 0 Å². The van der Waals surface area contributed by atoms with E-state index in [9.17, 15) is 0 Å². The molecule has 0 saturated carbocycles. The van der Waals surface area contributed by atoms with Gasteiger partial charge >= 0.3 is 0 Å². The monoisotopic (exact) mass is 254 g/mol. The van der Waals surface area contributed by atoms with Crippen molar-refractivity contribution < 1.29 is 4.42 Å². The first-order valence-corrected chi connectivity index (χ1v) is 13.5. The summed E-state index contributed by atoms with van der Waals surface area (Å²) in [6.07, 6.45) is 1.02. The molecule has 0 N–H and O–H groups in total. The molecule has 1 rings (SSSR count). The molecular weight excluding hydrogens is 228 g/mol. The van der Waals surface area contributed by atoms with Gasteiger partial charge in [-0.2, -0.15) is 0 Å². The molecule has 0 radical (unpaired) electrons. The molecule has 0 fully saturated rings. The van der Waals surface area contributed by atoms with E-state index in [1.165, 1.54) is 22.8 Å². The van der Waals surface area contributed by atoms with Crippen molar-refractivity contribution in [3.8, 4) is 0 Å². The second kappa shape index (κ2) is 4.53. The lowest BCUT2D eigenvalue weighted by molar-refractivity contribution is 0.541. The number of furan rings is 1. The van der Waals surface area contributed by atoms with E-state index < -0.39 is 16.1 Å². The molecule has 92 valence electrons. The maximum atomic E-state index is 6.06. The molecule has 0 aliphatic carbocycles. The smallest absolute Gasteiger partial charge is 0.123 e. The highest BCUT2D eigenvalue weighted by atomic mass is 28.3. The van der Waals surface area contributed by atoms with E-state index in [-0.39, 0.29) is 0 Å². The van der Waals surface area contributed by atoms with Crippen LogP contribution in [0.25, 0.3) is 0 Å². The molecule has 0 atom stereocenters. The lowest BCUT2D eigenvalue weighted by Gasteiger charge is -2.19. The van der Waals surface area contributed by atoms with Crippen LogP contribution in [0, 0.1) is 0 Å². The SMILES string of the molecule is CCc1cc(C[Si](C)(C)C)c([Si](C)(C)C)o1. The van der Waals surface area contributed by atoms with Crippen molar-refractivity contribution in [1.82, 2.24) is 0 Å². The highest BCUT2D eigenvalue weighted by molar-refractivity contribution is 6.88. The third-order valence-corrected chi connectivity index (χ3v) is 5.84. The quantitative estimate of drug-likeness (QED) is 0.745. The molecule has 0 spiro atoms. The van der Waals surface area contributed by atoms with Gasteiger partial charge in [0, 0.05) is 14.5 Å². The zero-order valence-electron chi connectivity index (χ0n) is 11.9. The van der Waals surface area contributed by atoms with E-state index in [0.717, 1.165) is 6.42 Å². The molecule has 0 aliphatic rings. The number of rotatable bonds is 4. The lowest BCUT2D eigenvalue weighted by Crippen LogP contribution is -2.40. The minimum Gasteiger partial charge on any atom is -0.471 e.